The third-order valence-corrected chi connectivity index (χ3v) is 11.1. The SMILES string of the molecule is CC(C)(C)c1nc(-c2ccc(N3CCS(=O)(=O)CC3)cc2)c(C2CCCCC2C(=O)NC2(C#N)CC2)s1. The molecule has 7 nitrogen and oxygen atoms in total. The van der Waals surface area contributed by atoms with E-state index in [9.17, 15) is 18.5 Å². The predicted octanol–water partition coefficient (Wildman–Crippen LogP) is 4.79. The minimum Gasteiger partial charge on any atom is -0.369 e. The van der Waals surface area contributed by atoms with Crippen LogP contribution in [0.1, 0.15) is 75.1 Å². The maximum atomic E-state index is 13.4. The number of nitriles is 1. The molecule has 2 aromatic rings. The monoisotopic (exact) mass is 540 g/mol. The number of carbonyl (C=O) groups is 1. The average Bonchev–Trinajstić information content (AvgIpc) is 3.49. The molecule has 1 amide bonds. The van der Waals surface area contributed by atoms with Gasteiger partial charge in [0.05, 0.1) is 28.3 Å². The number of nitrogens with zero attached hydrogens (tertiary/aromatic N) is 3. The van der Waals surface area contributed by atoms with Crippen LogP contribution in [0.15, 0.2) is 24.3 Å². The molecule has 2 aliphatic carbocycles. The third-order valence-electron chi connectivity index (χ3n) is 7.91. The molecule has 37 heavy (non-hydrogen) atoms. The van der Waals surface area contributed by atoms with Gasteiger partial charge in [-0.1, -0.05) is 45.7 Å². The van der Waals surface area contributed by atoms with E-state index in [2.05, 4.69) is 61.3 Å². The number of carbonyl (C=O) groups excluding carboxylic acids is 1. The van der Waals surface area contributed by atoms with Crippen molar-refractivity contribution in [3.63, 3.8) is 0 Å². The summed E-state index contributed by atoms with van der Waals surface area (Å²) in [5.74, 6) is 0.326. The zero-order valence-electron chi connectivity index (χ0n) is 21.9. The van der Waals surface area contributed by atoms with Crippen molar-refractivity contribution in [3.8, 4) is 17.3 Å². The Labute approximate surface area is 224 Å². The molecule has 5 rings (SSSR count). The van der Waals surface area contributed by atoms with Crippen molar-refractivity contribution in [3.05, 3.63) is 34.2 Å². The lowest BCUT2D eigenvalue weighted by Crippen LogP contribution is -2.42. The molecule has 2 unspecified atom stereocenters. The van der Waals surface area contributed by atoms with E-state index in [0.29, 0.717) is 13.1 Å². The van der Waals surface area contributed by atoms with E-state index in [1.54, 1.807) is 11.3 Å². The molecule has 3 fully saturated rings. The first-order chi connectivity index (χ1) is 17.5. The lowest BCUT2D eigenvalue weighted by atomic mass is 9.77. The Balaban J connectivity index is 1.45. The van der Waals surface area contributed by atoms with Gasteiger partial charge in [-0.3, -0.25) is 4.79 Å². The third kappa shape index (κ3) is 5.56. The number of amides is 1. The molecule has 0 spiro atoms. The highest BCUT2D eigenvalue weighted by Gasteiger charge is 2.47. The van der Waals surface area contributed by atoms with Crippen molar-refractivity contribution in [2.24, 2.45) is 5.92 Å². The first-order valence-corrected chi connectivity index (χ1v) is 15.9. The van der Waals surface area contributed by atoms with Crippen LogP contribution in [0.2, 0.25) is 0 Å². The highest BCUT2D eigenvalue weighted by Crippen LogP contribution is 2.47. The van der Waals surface area contributed by atoms with Gasteiger partial charge in [0, 0.05) is 46.5 Å². The summed E-state index contributed by atoms with van der Waals surface area (Å²) in [5, 5.41) is 13.6. The van der Waals surface area contributed by atoms with Gasteiger partial charge in [0.15, 0.2) is 9.84 Å². The van der Waals surface area contributed by atoms with Gasteiger partial charge in [0.25, 0.3) is 0 Å². The number of benzene rings is 1. The number of anilines is 1. The second-order valence-corrected chi connectivity index (χ2v) is 15.2. The van der Waals surface area contributed by atoms with Crippen molar-refractivity contribution in [2.45, 2.75) is 76.2 Å². The number of aromatic nitrogens is 1. The summed E-state index contributed by atoms with van der Waals surface area (Å²) in [4.78, 5) is 21.8. The summed E-state index contributed by atoms with van der Waals surface area (Å²) >= 11 is 1.73. The van der Waals surface area contributed by atoms with E-state index in [1.807, 2.05) is 0 Å². The van der Waals surface area contributed by atoms with Gasteiger partial charge in [-0.05, 0) is 37.8 Å². The molecule has 2 atom stereocenters. The predicted molar refractivity (Wildman–Crippen MR) is 148 cm³/mol. The zero-order chi connectivity index (χ0) is 26.4. The van der Waals surface area contributed by atoms with Gasteiger partial charge >= 0.3 is 0 Å². The summed E-state index contributed by atoms with van der Waals surface area (Å²) < 4.78 is 23.7. The number of thiazole rings is 1. The molecule has 1 saturated heterocycles. The lowest BCUT2D eigenvalue weighted by Gasteiger charge is -2.31. The summed E-state index contributed by atoms with van der Waals surface area (Å²) in [7, 11) is -2.93. The van der Waals surface area contributed by atoms with E-state index in [1.165, 1.54) is 4.88 Å². The fraction of sp³-hybridized carbons (Fsp3) is 0.607. The molecule has 0 radical (unpaired) electrons. The van der Waals surface area contributed by atoms with Crippen molar-refractivity contribution >= 4 is 32.8 Å². The molecule has 3 aliphatic rings. The molecule has 1 N–H and O–H groups in total. The lowest BCUT2D eigenvalue weighted by molar-refractivity contribution is -0.127. The van der Waals surface area contributed by atoms with Crippen LogP contribution in [0.3, 0.4) is 0 Å². The Bertz CT molecular complexity index is 1300. The fourth-order valence-electron chi connectivity index (χ4n) is 5.39. The standard InChI is InChI=1S/C28H36N4O3S2/c1-27(2,3)26-30-23(19-8-10-20(11-9-19)32-14-16-37(34,35)17-15-32)24(36-26)21-6-4-5-7-22(21)25(33)31-28(18-29)12-13-28/h8-11,21-22H,4-7,12-17H2,1-3H3,(H,31,33). The first-order valence-electron chi connectivity index (χ1n) is 13.3. The maximum Gasteiger partial charge on any atom is 0.224 e. The molecule has 1 aromatic heterocycles. The number of hydrogen-bond donors (Lipinski definition) is 1. The topological polar surface area (TPSA) is 103 Å². The van der Waals surface area contributed by atoms with Gasteiger partial charge < -0.3 is 10.2 Å². The van der Waals surface area contributed by atoms with E-state index in [-0.39, 0.29) is 34.7 Å². The van der Waals surface area contributed by atoms with Crippen LogP contribution in [0.25, 0.3) is 11.3 Å². The van der Waals surface area contributed by atoms with Crippen molar-refractivity contribution in [1.82, 2.24) is 10.3 Å². The zero-order valence-corrected chi connectivity index (χ0v) is 23.6. The molecular formula is C28H36N4O3S2. The molecule has 1 aromatic carbocycles. The summed E-state index contributed by atoms with van der Waals surface area (Å²) in [6.45, 7) is 7.53. The molecule has 198 valence electrons. The van der Waals surface area contributed by atoms with Gasteiger partial charge in [-0.15, -0.1) is 11.3 Å². The minimum atomic E-state index is -2.93. The largest absolute Gasteiger partial charge is 0.369 e. The Kier molecular flexibility index (Phi) is 6.86. The van der Waals surface area contributed by atoms with E-state index in [4.69, 9.17) is 4.98 Å². The molecular weight excluding hydrogens is 504 g/mol. The highest BCUT2D eigenvalue weighted by molar-refractivity contribution is 7.91. The quantitative estimate of drug-likeness (QED) is 0.585. The van der Waals surface area contributed by atoms with Gasteiger partial charge in [0.1, 0.15) is 5.54 Å². The van der Waals surface area contributed by atoms with Crippen molar-refractivity contribution in [1.29, 1.82) is 5.26 Å². The van der Waals surface area contributed by atoms with E-state index >= 15 is 0 Å². The van der Waals surface area contributed by atoms with Gasteiger partial charge in [-0.25, -0.2) is 13.4 Å². The Hall–Kier alpha value is -2.44. The summed E-state index contributed by atoms with van der Waals surface area (Å²) in [6.07, 6.45) is 5.35. The smallest absolute Gasteiger partial charge is 0.224 e. The Morgan fingerprint density at radius 1 is 1.14 bits per heavy atom. The normalized spacial score (nSPS) is 24.8. The van der Waals surface area contributed by atoms with Crippen molar-refractivity contribution < 1.29 is 13.2 Å². The van der Waals surface area contributed by atoms with E-state index < -0.39 is 15.4 Å². The Morgan fingerprint density at radius 2 is 1.78 bits per heavy atom. The van der Waals surface area contributed by atoms with Crippen LogP contribution in [0, 0.1) is 17.2 Å². The maximum absolute atomic E-state index is 13.4. The van der Waals surface area contributed by atoms with Crippen LogP contribution < -0.4 is 10.2 Å². The summed E-state index contributed by atoms with van der Waals surface area (Å²) in [5.41, 5.74) is 2.23. The number of sulfone groups is 1. The van der Waals surface area contributed by atoms with E-state index in [0.717, 1.165) is 60.5 Å². The molecule has 0 bridgehead atoms. The number of hydrogen-bond acceptors (Lipinski definition) is 7. The first kappa shape index (κ1) is 26.2. The number of rotatable bonds is 5. The van der Waals surface area contributed by atoms with Crippen LogP contribution in [0.5, 0.6) is 0 Å². The molecule has 2 saturated carbocycles. The second-order valence-electron chi connectivity index (χ2n) is 11.8. The fourth-order valence-corrected chi connectivity index (χ4v) is 7.93. The number of nitrogens with one attached hydrogen (secondary N) is 1. The van der Waals surface area contributed by atoms with Crippen LogP contribution >= 0.6 is 11.3 Å². The van der Waals surface area contributed by atoms with Crippen LogP contribution in [-0.4, -0.2) is 49.4 Å². The molecule has 1 aliphatic heterocycles. The van der Waals surface area contributed by atoms with Crippen molar-refractivity contribution in [2.75, 3.05) is 29.5 Å². The molecule has 9 heteroatoms. The molecule has 2 heterocycles. The van der Waals surface area contributed by atoms with Gasteiger partial charge in [-0.2, -0.15) is 5.26 Å². The van der Waals surface area contributed by atoms with Gasteiger partial charge in [0.2, 0.25) is 5.91 Å². The van der Waals surface area contributed by atoms with Crippen LogP contribution in [-0.2, 0) is 20.0 Å². The Morgan fingerprint density at radius 3 is 2.38 bits per heavy atom. The summed E-state index contributed by atoms with van der Waals surface area (Å²) in [6, 6.07) is 10.6. The second kappa shape index (κ2) is 9.70. The minimum absolute atomic E-state index is 0.0100. The average molecular weight is 541 g/mol. The van der Waals surface area contributed by atoms with Crippen LogP contribution in [0.4, 0.5) is 5.69 Å². The highest BCUT2D eigenvalue weighted by atomic mass is 32.2.